The van der Waals surface area contributed by atoms with E-state index in [1.807, 2.05) is 0 Å². The molecule has 1 amide bonds. The van der Waals surface area contributed by atoms with Crippen LogP contribution in [0.4, 0.5) is 18.0 Å². The number of alkyl halides is 3. The van der Waals surface area contributed by atoms with Crippen LogP contribution in [0.1, 0.15) is 38.3 Å². The summed E-state index contributed by atoms with van der Waals surface area (Å²) in [5.74, 6) is -1.29. The molecule has 0 spiro atoms. The van der Waals surface area contributed by atoms with Crippen molar-refractivity contribution in [3.8, 4) is 0 Å². The number of benzene rings is 1. The molecule has 1 aliphatic heterocycles. The molecule has 1 fully saturated rings. The van der Waals surface area contributed by atoms with E-state index >= 15 is 0 Å². The molecule has 26 heavy (non-hydrogen) atoms. The van der Waals surface area contributed by atoms with Crippen LogP contribution in [0.5, 0.6) is 0 Å². The first kappa shape index (κ1) is 20.1. The molecule has 144 valence electrons. The fourth-order valence-electron chi connectivity index (χ4n) is 2.99. The van der Waals surface area contributed by atoms with E-state index in [1.165, 1.54) is 17.0 Å². The van der Waals surface area contributed by atoms with Gasteiger partial charge in [0.25, 0.3) is 0 Å². The van der Waals surface area contributed by atoms with E-state index in [0.29, 0.717) is 12.0 Å². The number of carbonyl (C=O) groups excluding carboxylic acids is 1. The summed E-state index contributed by atoms with van der Waals surface area (Å²) >= 11 is 0. The largest absolute Gasteiger partial charge is 0.480 e. The standard InChI is InChI=1S/C18H22F3NO4/c1-17(2,3)26-16(25)22-10-12(9-14(22)15(23)24)8-11-4-6-13(7-5-11)18(19,20)21/h4-7,12,14H,8-10H2,1-3H3,(H,23,24)/t12-,14+/m0/s1. The van der Waals surface area contributed by atoms with Crippen LogP contribution in [-0.2, 0) is 22.1 Å². The van der Waals surface area contributed by atoms with Gasteiger partial charge >= 0.3 is 18.2 Å². The summed E-state index contributed by atoms with van der Waals surface area (Å²) in [6, 6.07) is 3.78. The maximum atomic E-state index is 12.6. The minimum absolute atomic E-state index is 0.166. The van der Waals surface area contributed by atoms with Crippen LogP contribution >= 0.6 is 0 Å². The highest BCUT2D eigenvalue weighted by atomic mass is 19.4. The van der Waals surface area contributed by atoms with Crippen molar-refractivity contribution in [1.29, 1.82) is 0 Å². The first-order chi connectivity index (χ1) is 11.9. The quantitative estimate of drug-likeness (QED) is 0.871. The smallest absolute Gasteiger partial charge is 0.416 e. The third-order valence-electron chi connectivity index (χ3n) is 4.11. The molecule has 0 radical (unpaired) electrons. The van der Waals surface area contributed by atoms with Crippen LogP contribution < -0.4 is 0 Å². The van der Waals surface area contributed by atoms with Gasteiger partial charge in [0.05, 0.1) is 5.56 Å². The molecule has 1 heterocycles. The van der Waals surface area contributed by atoms with Gasteiger partial charge in [0.1, 0.15) is 11.6 Å². The molecule has 5 nitrogen and oxygen atoms in total. The Labute approximate surface area is 149 Å². The van der Waals surface area contributed by atoms with Gasteiger partial charge in [-0.3, -0.25) is 4.90 Å². The Bertz CT molecular complexity index is 664. The summed E-state index contributed by atoms with van der Waals surface area (Å²) in [5.41, 5.74) is -0.810. The molecule has 1 saturated heterocycles. The summed E-state index contributed by atoms with van der Waals surface area (Å²) in [4.78, 5) is 24.9. The van der Waals surface area contributed by atoms with Gasteiger partial charge < -0.3 is 9.84 Å². The van der Waals surface area contributed by atoms with Crippen molar-refractivity contribution in [3.63, 3.8) is 0 Å². The monoisotopic (exact) mass is 373 g/mol. The second-order valence-corrected chi connectivity index (χ2v) is 7.49. The third kappa shape index (κ3) is 5.12. The zero-order valence-corrected chi connectivity index (χ0v) is 14.8. The number of ether oxygens (including phenoxy) is 1. The second-order valence-electron chi connectivity index (χ2n) is 7.49. The zero-order valence-electron chi connectivity index (χ0n) is 14.8. The lowest BCUT2D eigenvalue weighted by Gasteiger charge is -2.26. The van der Waals surface area contributed by atoms with Gasteiger partial charge in [0.2, 0.25) is 0 Å². The van der Waals surface area contributed by atoms with Gasteiger partial charge in [-0.2, -0.15) is 13.2 Å². The predicted octanol–water partition coefficient (Wildman–Crippen LogP) is 3.96. The van der Waals surface area contributed by atoms with Crippen molar-refractivity contribution in [2.75, 3.05) is 6.54 Å². The number of likely N-dealkylation sites (tertiary alicyclic amines) is 1. The SMILES string of the molecule is CC(C)(C)OC(=O)N1C[C@@H](Cc2ccc(C(F)(F)F)cc2)C[C@@H]1C(=O)O. The number of amides is 1. The molecule has 0 bridgehead atoms. The lowest BCUT2D eigenvalue weighted by atomic mass is 9.96. The summed E-state index contributed by atoms with van der Waals surface area (Å²) < 4.78 is 43.1. The predicted molar refractivity (Wildman–Crippen MR) is 87.6 cm³/mol. The molecule has 1 N–H and O–H groups in total. The fourth-order valence-corrected chi connectivity index (χ4v) is 2.99. The average molecular weight is 373 g/mol. The molecular weight excluding hydrogens is 351 g/mol. The molecule has 1 aromatic carbocycles. The number of hydrogen-bond donors (Lipinski definition) is 1. The molecular formula is C18H22F3NO4. The number of aliphatic carboxylic acids is 1. The number of carboxylic acids is 1. The highest BCUT2D eigenvalue weighted by Gasteiger charge is 2.41. The fraction of sp³-hybridized carbons (Fsp3) is 0.556. The lowest BCUT2D eigenvalue weighted by molar-refractivity contribution is -0.142. The topological polar surface area (TPSA) is 66.8 Å². The van der Waals surface area contributed by atoms with E-state index in [-0.39, 0.29) is 18.9 Å². The van der Waals surface area contributed by atoms with Crippen LogP contribution in [0, 0.1) is 5.92 Å². The lowest BCUT2D eigenvalue weighted by Crippen LogP contribution is -2.43. The van der Waals surface area contributed by atoms with Crippen molar-refractivity contribution in [2.24, 2.45) is 5.92 Å². The van der Waals surface area contributed by atoms with Gasteiger partial charge in [-0.25, -0.2) is 9.59 Å². The first-order valence-corrected chi connectivity index (χ1v) is 8.25. The van der Waals surface area contributed by atoms with Crippen LogP contribution in [-0.4, -0.2) is 40.3 Å². The maximum Gasteiger partial charge on any atom is 0.416 e. The van der Waals surface area contributed by atoms with Crippen molar-refractivity contribution < 1.29 is 32.6 Å². The van der Waals surface area contributed by atoms with Crippen molar-refractivity contribution in [2.45, 2.75) is 51.4 Å². The van der Waals surface area contributed by atoms with E-state index in [2.05, 4.69) is 0 Å². The number of carbonyl (C=O) groups is 2. The number of rotatable bonds is 3. The molecule has 1 aliphatic rings. The summed E-state index contributed by atoms with van der Waals surface area (Å²) in [5, 5.41) is 9.37. The number of nitrogens with zero attached hydrogens (tertiary/aromatic N) is 1. The van der Waals surface area contributed by atoms with Gasteiger partial charge in [-0.15, -0.1) is 0 Å². The van der Waals surface area contributed by atoms with Crippen LogP contribution in [0.2, 0.25) is 0 Å². The molecule has 0 aliphatic carbocycles. The molecule has 2 rings (SSSR count). The van der Waals surface area contributed by atoms with Crippen LogP contribution in [0.25, 0.3) is 0 Å². The number of hydrogen-bond acceptors (Lipinski definition) is 3. The van der Waals surface area contributed by atoms with E-state index in [1.54, 1.807) is 20.8 Å². The van der Waals surface area contributed by atoms with Crippen molar-refractivity contribution in [1.82, 2.24) is 4.90 Å². The normalized spacial score (nSPS) is 20.9. The Kier molecular flexibility index (Phi) is 5.53. The van der Waals surface area contributed by atoms with Gasteiger partial charge in [0.15, 0.2) is 0 Å². The van der Waals surface area contributed by atoms with Gasteiger partial charge in [-0.05, 0) is 57.2 Å². The van der Waals surface area contributed by atoms with E-state index in [0.717, 1.165) is 12.1 Å². The maximum absolute atomic E-state index is 12.6. The van der Waals surface area contributed by atoms with Crippen molar-refractivity contribution in [3.05, 3.63) is 35.4 Å². The number of carboxylic acid groups (broad SMARTS) is 1. The summed E-state index contributed by atoms with van der Waals surface area (Å²) in [6.07, 6.45) is -4.47. The molecule has 0 saturated carbocycles. The first-order valence-electron chi connectivity index (χ1n) is 8.25. The Morgan fingerprint density at radius 3 is 2.23 bits per heavy atom. The Balaban J connectivity index is 2.07. The molecule has 0 aromatic heterocycles. The third-order valence-corrected chi connectivity index (χ3v) is 4.11. The Morgan fingerprint density at radius 1 is 1.19 bits per heavy atom. The Hall–Kier alpha value is -2.25. The molecule has 1 aromatic rings. The number of halogens is 3. The molecule has 8 heteroatoms. The summed E-state index contributed by atoms with van der Waals surface area (Å²) in [7, 11) is 0. The van der Waals surface area contributed by atoms with Crippen molar-refractivity contribution >= 4 is 12.1 Å². The average Bonchev–Trinajstić information content (AvgIpc) is 2.89. The van der Waals surface area contributed by atoms with Gasteiger partial charge in [0, 0.05) is 6.54 Å². The Morgan fingerprint density at radius 2 is 1.77 bits per heavy atom. The van der Waals surface area contributed by atoms with E-state index < -0.39 is 35.4 Å². The second kappa shape index (κ2) is 7.17. The van der Waals surface area contributed by atoms with E-state index in [4.69, 9.17) is 4.74 Å². The highest BCUT2D eigenvalue weighted by molar-refractivity contribution is 5.81. The van der Waals surface area contributed by atoms with Crippen LogP contribution in [0.15, 0.2) is 24.3 Å². The highest BCUT2D eigenvalue weighted by Crippen LogP contribution is 2.31. The van der Waals surface area contributed by atoms with E-state index in [9.17, 15) is 27.9 Å². The van der Waals surface area contributed by atoms with Crippen LogP contribution in [0.3, 0.4) is 0 Å². The summed E-state index contributed by atoms with van der Waals surface area (Å²) in [6.45, 7) is 5.26. The zero-order chi connectivity index (χ0) is 19.7. The minimum Gasteiger partial charge on any atom is -0.480 e. The minimum atomic E-state index is -4.40. The molecule has 2 atom stereocenters. The van der Waals surface area contributed by atoms with Gasteiger partial charge in [-0.1, -0.05) is 12.1 Å². The molecule has 0 unspecified atom stereocenters.